The fourth-order valence-electron chi connectivity index (χ4n) is 6.60. The zero-order valence-electron chi connectivity index (χ0n) is 22.4. The maximum absolute atomic E-state index is 6.11. The van der Waals surface area contributed by atoms with Crippen LogP contribution in [0, 0.1) is 6.07 Å². The minimum Gasteiger partial charge on any atom is -0.456 e. The van der Waals surface area contributed by atoms with Crippen molar-refractivity contribution in [1.29, 1.82) is 0 Å². The number of furan rings is 1. The van der Waals surface area contributed by atoms with Crippen LogP contribution in [0.15, 0.2) is 125 Å². The molecular weight excluding hydrogens is 713 g/mol. The molecule has 0 aliphatic carbocycles. The van der Waals surface area contributed by atoms with Crippen molar-refractivity contribution in [2.75, 3.05) is 0 Å². The van der Waals surface area contributed by atoms with E-state index in [2.05, 4.69) is 92.8 Å². The van der Waals surface area contributed by atoms with Gasteiger partial charge in [-0.2, -0.15) is 0 Å². The summed E-state index contributed by atoms with van der Waals surface area (Å²) in [5.74, 6) is 0. The number of para-hydroxylation sites is 2. The smallest absolute Gasteiger partial charge is 0.216 e. The van der Waals surface area contributed by atoms with Gasteiger partial charge in [0.15, 0.2) is 6.39 Å². The summed E-state index contributed by atoms with van der Waals surface area (Å²) in [6.07, 6.45) is 3.41. The third-order valence-corrected chi connectivity index (χ3v) is 8.44. The average molecular weight is 732 g/mol. The predicted octanol–water partition coefficient (Wildman–Crippen LogP) is 9.09. The first-order valence-electron chi connectivity index (χ1n) is 13.8. The zero-order valence-corrected chi connectivity index (χ0v) is 24.8. The van der Waals surface area contributed by atoms with Crippen molar-refractivity contribution in [2.45, 2.75) is 0 Å². The number of nitrogens with zero attached hydrogens (tertiary/aromatic N) is 4. The van der Waals surface area contributed by atoms with Gasteiger partial charge in [-0.1, -0.05) is 53.2 Å². The Kier molecular flexibility index (Phi) is 5.04. The van der Waals surface area contributed by atoms with Gasteiger partial charge in [0, 0.05) is 59.1 Å². The summed E-state index contributed by atoms with van der Waals surface area (Å²) in [7, 11) is 0. The predicted molar refractivity (Wildman–Crippen MR) is 166 cm³/mol. The minimum atomic E-state index is 0. The van der Waals surface area contributed by atoms with Crippen molar-refractivity contribution in [3.63, 3.8) is 0 Å². The van der Waals surface area contributed by atoms with Gasteiger partial charge < -0.3 is 17.8 Å². The number of fused-ring (bicyclic) bond motifs is 12. The molecule has 0 aliphatic heterocycles. The van der Waals surface area contributed by atoms with E-state index in [1.807, 2.05) is 36.5 Å². The first kappa shape index (κ1) is 24.4. The Bertz CT molecular complexity index is 2710. The van der Waals surface area contributed by atoms with E-state index in [4.69, 9.17) is 13.8 Å². The third kappa shape index (κ3) is 3.26. The van der Waals surface area contributed by atoms with Gasteiger partial charge in [-0.15, -0.1) is 24.3 Å². The van der Waals surface area contributed by atoms with Crippen LogP contribution < -0.4 is 0 Å². The van der Waals surface area contributed by atoms with E-state index < -0.39 is 0 Å². The number of hydrogen-bond donors (Lipinski definition) is 0. The summed E-state index contributed by atoms with van der Waals surface area (Å²) in [5.41, 5.74) is 9.41. The Morgan fingerprint density at radius 1 is 0.674 bits per heavy atom. The number of benzene rings is 5. The van der Waals surface area contributed by atoms with Crippen LogP contribution in [0.4, 0.5) is 0 Å². The van der Waals surface area contributed by atoms with Crippen molar-refractivity contribution < 1.29 is 28.9 Å². The van der Waals surface area contributed by atoms with Gasteiger partial charge in [0.2, 0.25) is 5.71 Å². The fraction of sp³-hybridized carbons (Fsp3) is 0. The van der Waals surface area contributed by atoms with Crippen molar-refractivity contribution in [1.82, 2.24) is 18.9 Å². The molecule has 10 aromatic rings. The quantitative estimate of drug-likeness (QED) is 0.167. The van der Waals surface area contributed by atoms with Crippen LogP contribution in [-0.2, 0) is 20.1 Å². The summed E-state index contributed by atoms with van der Waals surface area (Å²) >= 11 is 0. The number of imidazole rings is 1. The van der Waals surface area contributed by atoms with E-state index >= 15 is 0 Å². The van der Waals surface area contributed by atoms with Gasteiger partial charge in [0.05, 0.1) is 27.9 Å². The molecule has 0 saturated carbocycles. The third-order valence-electron chi connectivity index (χ3n) is 8.44. The van der Waals surface area contributed by atoms with Crippen LogP contribution in [0.25, 0.3) is 88.3 Å². The largest absolute Gasteiger partial charge is 0.456 e. The van der Waals surface area contributed by atoms with Crippen LogP contribution in [0.5, 0.6) is 0 Å². The molecule has 0 saturated heterocycles. The zero-order chi connectivity index (χ0) is 27.4. The second-order valence-corrected chi connectivity index (χ2v) is 10.6. The van der Waals surface area contributed by atoms with Crippen LogP contribution in [-0.4, -0.2) is 18.9 Å². The van der Waals surface area contributed by atoms with Gasteiger partial charge in [0.1, 0.15) is 11.2 Å². The Balaban J connectivity index is 0.00000260. The van der Waals surface area contributed by atoms with E-state index in [-0.39, 0.29) is 20.1 Å². The maximum atomic E-state index is 6.11. The molecule has 7 heteroatoms. The second-order valence-electron chi connectivity index (χ2n) is 10.6. The molecular formula is C36H19IrN4O2-. The Labute approximate surface area is 257 Å². The Morgan fingerprint density at radius 3 is 2.44 bits per heavy atom. The summed E-state index contributed by atoms with van der Waals surface area (Å²) in [6, 6.07) is 39.1. The Hall–Kier alpha value is -5.23. The van der Waals surface area contributed by atoms with E-state index in [1.54, 1.807) is 0 Å². The molecule has 0 fully saturated rings. The summed E-state index contributed by atoms with van der Waals surface area (Å²) < 4.78 is 16.4. The summed E-state index contributed by atoms with van der Waals surface area (Å²) in [5, 5.41) is 6.47. The molecule has 205 valence electrons. The standard InChI is InChI=1S/C36H19N4O2.Ir/c1-2-10-26-25(9-1)34-36(41-20-38-34)40-31(19-37-35(26)40)21-13-15-30-27(17-21)23-7-3-5-11-29(23)39(30)22-14-16-33-28(18-22)24-8-4-6-12-32(24)42-33;/h1-9,11-20H;/q-1;. The van der Waals surface area contributed by atoms with Crippen LogP contribution in [0.2, 0.25) is 0 Å². The molecule has 0 bridgehead atoms. The second kappa shape index (κ2) is 8.88. The molecule has 0 aliphatic rings. The molecule has 5 heterocycles. The number of oxazole rings is 1. The normalized spacial score (nSPS) is 12.0. The van der Waals surface area contributed by atoms with E-state index in [1.165, 1.54) is 11.8 Å². The molecule has 5 aromatic heterocycles. The molecule has 1 radical (unpaired) electrons. The summed E-state index contributed by atoms with van der Waals surface area (Å²) in [4.78, 5) is 9.36. The SMILES string of the molecule is [Ir].[c-]1cccc2c1c1ncc(-c3ccc4c(c3)c3ccccc3n4-c3ccc4oc5ccccc5c4c3)n1c1ocnc21. The van der Waals surface area contributed by atoms with Gasteiger partial charge in [-0.3, -0.25) is 4.98 Å². The molecule has 0 unspecified atom stereocenters. The molecule has 0 atom stereocenters. The van der Waals surface area contributed by atoms with Crippen molar-refractivity contribution >= 4 is 71.4 Å². The van der Waals surface area contributed by atoms with Crippen LogP contribution in [0.1, 0.15) is 0 Å². The summed E-state index contributed by atoms with van der Waals surface area (Å²) in [6.45, 7) is 0. The van der Waals surface area contributed by atoms with E-state index in [0.717, 1.165) is 77.2 Å². The van der Waals surface area contributed by atoms with Crippen LogP contribution in [0.3, 0.4) is 0 Å². The number of hydrogen-bond acceptors (Lipinski definition) is 4. The van der Waals surface area contributed by atoms with Crippen molar-refractivity contribution in [3.05, 3.63) is 122 Å². The molecule has 5 aromatic carbocycles. The fourth-order valence-corrected chi connectivity index (χ4v) is 6.60. The van der Waals surface area contributed by atoms with Crippen LogP contribution >= 0.6 is 0 Å². The van der Waals surface area contributed by atoms with Gasteiger partial charge in [-0.05, 0) is 42.5 Å². The first-order chi connectivity index (χ1) is 20.8. The molecule has 0 N–H and O–H groups in total. The molecule has 10 rings (SSSR count). The Morgan fingerprint density at radius 2 is 1.49 bits per heavy atom. The number of rotatable bonds is 2. The minimum absolute atomic E-state index is 0. The first-order valence-corrected chi connectivity index (χ1v) is 13.8. The van der Waals surface area contributed by atoms with E-state index in [0.29, 0.717) is 5.71 Å². The van der Waals surface area contributed by atoms with Gasteiger partial charge >= 0.3 is 0 Å². The topological polar surface area (TPSA) is 61.4 Å². The molecule has 6 nitrogen and oxygen atoms in total. The number of pyridine rings is 1. The monoisotopic (exact) mass is 732 g/mol. The molecule has 0 spiro atoms. The van der Waals surface area contributed by atoms with Crippen molar-refractivity contribution in [3.8, 4) is 16.9 Å². The average Bonchev–Trinajstić information content (AvgIpc) is 3.83. The number of aromatic nitrogens is 4. The molecule has 0 amide bonds. The van der Waals surface area contributed by atoms with Gasteiger partial charge in [0.25, 0.3) is 0 Å². The van der Waals surface area contributed by atoms with Crippen molar-refractivity contribution in [2.24, 2.45) is 0 Å². The molecule has 43 heavy (non-hydrogen) atoms. The van der Waals surface area contributed by atoms with E-state index in [9.17, 15) is 0 Å². The van der Waals surface area contributed by atoms with Gasteiger partial charge in [-0.25, -0.2) is 4.98 Å². The maximum Gasteiger partial charge on any atom is 0.216 e.